The Labute approximate surface area is 139 Å². The molecule has 1 aliphatic heterocycles. The van der Waals surface area contributed by atoms with Crippen molar-refractivity contribution in [2.75, 3.05) is 25.5 Å². The number of likely N-dealkylation sites (tertiary alicyclic amines) is 1. The molecule has 1 saturated heterocycles. The average Bonchev–Trinajstić information content (AvgIpc) is 3.11. The van der Waals surface area contributed by atoms with Gasteiger partial charge in [0.15, 0.2) is 0 Å². The monoisotopic (exact) mass is 312 g/mol. The molecule has 1 aromatic carbocycles. The molecule has 23 heavy (non-hydrogen) atoms. The number of rotatable bonds is 3. The summed E-state index contributed by atoms with van der Waals surface area (Å²) in [5.74, 6) is 0.727. The maximum atomic E-state index is 12.5. The fourth-order valence-electron chi connectivity index (χ4n) is 3.89. The summed E-state index contributed by atoms with van der Waals surface area (Å²) in [6, 6.07) is 6.39. The Bertz CT molecular complexity index is 590. The highest BCUT2D eigenvalue weighted by Gasteiger charge is 2.28. The average molecular weight is 312 g/mol. The van der Waals surface area contributed by atoms with Crippen molar-refractivity contribution in [3.8, 4) is 0 Å². The van der Waals surface area contributed by atoms with E-state index in [0.29, 0.717) is 11.8 Å². The van der Waals surface area contributed by atoms with Gasteiger partial charge in [0.2, 0.25) is 5.91 Å². The second-order valence-electron chi connectivity index (χ2n) is 6.88. The van der Waals surface area contributed by atoms with Crippen molar-refractivity contribution in [3.05, 3.63) is 34.9 Å². The van der Waals surface area contributed by atoms with E-state index in [0.717, 1.165) is 38.8 Å². The summed E-state index contributed by atoms with van der Waals surface area (Å²) in [4.78, 5) is 14.6. The van der Waals surface area contributed by atoms with E-state index in [-0.39, 0.29) is 0 Å². The largest absolute Gasteiger partial charge is 0.388 e. The van der Waals surface area contributed by atoms with Gasteiger partial charge in [0, 0.05) is 31.7 Å². The first-order valence-electron chi connectivity index (χ1n) is 8.94. The minimum Gasteiger partial charge on any atom is -0.388 e. The first kappa shape index (κ1) is 16.1. The molecule has 124 valence electrons. The van der Waals surface area contributed by atoms with Gasteiger partial charge in [0.25, 0.3) is 0 Å². The number of piperidine rings is 1. The van der Waals surface area contributed by atoms with Crippen LogP contribution in [0.5, 0.6) is 0 Å². The zero-order chi connectivity index (χ0) is 16.2. The van der Waals surface area contributed by atoms with Gasteiger partial charge in [-0.25, -0.2) is 0 Å². The molecule has 3 heteroatoms. The number of nitrogens with one attached hydrogen (secondary N) is 1. The zero-order valence-electron chi connectivity index (χ0n) is 14.4. The maximum Gasteiger partial charge on any atom is 0.225 e. The predicted octanol–water partition coefficient (Wildman–Crippen LogP) is 4.23. The Morgan fingerprint density at radius 3 is 2.57 bits per heavy atom. The van der Waals surface area contributed by atoms with E-state index < -0.39 is 0 Å². The molecule has 1 heterocycles. The number of benzene rings is 1. The summed E-state index contributed by atoms with van der Waals surface area (Å²) in [6.45, 7) is 3.95. The van der Waals surface area contributed by atoms with Crippen LogP contribution in [-0.4, -0.2) is 30.9 Å². The van der Waals surface area contributed by atoms with Crippen molar-refractivity contribution < 1.29 is 4.79 Å². The SMILES string of the molecule is CNc1cccc(C=C2CCN(C(=O)C3CCCC3)CC2)c1C. The Kier molecular flexibility index (Phi) is 5.04. The maximum absolute atomic E-state index is 12.5. The van der Waals surface area contributed by atoms with E-state index in [1.54, 1.807) is 0 Å². The van der Waals surface area contributed by atoms with Gasteiger partial charge in [-0.2, -0.15) is 0 Å². The summed E-state index contributed by atoms with van der Waals surface area (Å²) < 4.78 is 0. The van der Waals surface area contributed by atoms with E-state index in [1.165, 1.54) is 35.2 Å². The van der Waals surface area contributed by atoms with Gasteiger partial charge in [0.1, 0.15) is 0 Å². The molecule has 2 aliphatic rings. The standard InChI is InChI=1S/C20H28N2O/c1-15-18(8-5-9-19(15)21-2)14-16-10-12-22(13-11-16)20(23)17-6-3-4-7-17/h5,8-9,14,17,21H,3-4,6-7,10-13H2,1-2H3. The molecule has 1 N–H and O–H groups in total. The Balaban J connectivity index is 1.63. The molecular formula is C20H28N2O. The molecule has 0 aromatic heterocycles. The van der Waals surface area contributed by atoms with Crippen LogP contribution in [0.4, 0.5) is 5.69 Å². The number of carbonyl (C=O) groups is 1. The van der Waals surface area contributed by atoms with Crippen LogP contribution in [0.15, 0.2) is 23.8 Å². The lowest BCUT2D eigenvalue weighted by molar-refractivity contribution is -0.135. The zero-order valence-corrected chi connectivity index (χ0v) is 14.4. The number of amides is 1. The number of anilines is 1. The highest BCUT2D eigenvalue weighted by atomic mass is 16.2. The molecule has 0 radical (unpaired) electrons. The lowest BCUT2D eigenvalue weighted by Gasteiger charge is -2.30. The van der Waals surface area contributed by atoms with E-state index in [1.807, 2.05) is 7.05 Å². The van der Waals surface area contributed by atoms with E-state index in [4.69, 9.17) is 0 Å². The summed E-state index contributed by atoms with van der Waals surface area (Å²) in [6.07, 6.45) is 9.03. The summed E-state index contributed by atoms with van der Waals surface area (Å²) in [5.41, 5.74) is 5.25. The normalized spacial score (nSPS) is 19.0. The molecule has 0 unspecified atom stereocenters. The number of hydrogen-bond donors (Lipinski definition) is 1. The smallest absolute Gasteiger partial charge is 0.225 e. The van der Waals surface area contributed by atoms with Crippen molar-refractivity contribution in [1.29, 1.82) is 0 Å². The highest BCUT2D eigenvalue weighted by Crippen LogP contribution is 2.29. The van der Waals surface area contributed by atoms with Crippen molar-refractivity contribution in [1.82, 2.24) is 4.90 Å². The Morgan fingerprint density at radius 2 is 1.91 bits per heavy atom. The lowest BCUT2D eigenvalue weighted by Crippen LogP contribution is -2.39. The van der Waals surface area contributed by atoms with Crippen molar-refractivity contribution in [3.63, 3.8) is 0 Å². The van der Waals surface area contributed by atoms with Crippen LogP contribution in [0.3, 0.4) is 0 Å². The summed E-state index contributed by atoms with van der Waals surface area (Å²) in [5, 5.41) is 3.24. The van der Waals surface area contributed by atoms with Gasteiger partial charge < -0.3 is 10.2 Å². The molecule has 3 nitrogen and oxygen atoms in total. The second kappa shape index (κ2) is 7.20. The van der Waals surface area contributed by atoms with Crippen LogP contribution in [-0.2, 0) is 4.79 Å². The van der Waals surface area contributed by atoms with E-state index in [9.17, 15) is 4.79 Å². The molecule has 2 fully saturated rings. The second-order valence-corrected chi connectivity index (χ2v) is 6.88. The molecule has 1 saturated carbocycles. The van der Waals surface area contributed by atoms with Gasteiger partial charge in [-0.3, -0.25) is 4.79 Å². The fourth-order valence-corrected chi connectivity index (χ4v) is 3.89. The van der Waals surface area contributed by atoms with Gasteiger partial charge in [-0.15, -0.1) is 0 Å². The molecule has 0 spiro atoms. The predicted molar refractivity (Wildman–Crippen MR) is 96.5 cm³/mol. The summed E-state index contributed by atoms with van der Waals surface area (Å²) in [7, 11) is 1.96. The molecule has 1 aromatic rings. The molecule has 0 bridgehead atoms. The molecule has 1 aliphatic carbocycles. The van der Waals surface area contributed by atoms with Gasteiger partial charge >= 0.3 is 0 Å². The van der Waals surface area contributed by atoms with Crippen molar-refractivity contribution in [2.24, 2.45) is 5.92 Å². The van der Waals surface area contributed by atoms with Crippen LogP contribution in [0, 0.1) is 12.8 Å². The highest BCUT2D eigenvalue weighted by molar-refractivity contribution is 5.79. The molecular weight excluding hydrogens is 284 g/mol. The van der Waals surface area contributed by atoms with Crippen LogP contribution in [0.2, 0.25) is 0 Å². The van der Waals surface area contributed by atoms with E-state index >= 15 is 0 Å². The number of hydrogen-bond acceptors (Lipinski definition) is 2. The third-order valence-corrected chi connectivity index (χ3v) is 5.43. The van der Waals surface area contributed by atoms with Crippen LogP contribution in [0.1, 0.15) is 49.7 Å². The first-order chi connectivity index (χ1) is 11.2. The van der Waals surface area contributed by atoms with Crippen LogP contribution < -0.4 is 5.32 Å². The lowest BCUT2D eigenvalue weighted by atomic mass is 9.97. The molecule has 1 amide bonds. The first-order valence-corrected chi connectivity index (χ1v) is 8.94. The Hall–Kier alpha value is -1.77. The number of carbonyl (C=O) groups excluding carboxylic acids is 1. The topological polar surface area (TPSA) is 32.3 Å². The minimum absolute atomic E-state index is 0.315. The Morgan fingerprint density at radius 1 is 1.22 bits per heavy atom. The third-order valence-electron chi connectivity index (χ3n) is 5.43. The van der Waals surface area contributed by atoms with Crippen molar-refractivity contribution in [2.45, 2.75) is 45.4 Å². The van der Waals surface area contributed by atoms with E-state index in [2.05, 4.69) is 41.4 Å². The quantitative estimate of drug-likeness (QED) is 0.905. The molecule has 0 atom stereocenters. The van der Waals surface area contributed by atoms with Gasteiger partial charge in [0.05, 0.1) is 0 Å². The van der Waals surface area contributed by atoms with Crippen LogP contribution >= 0.6 is 0 Å². The minimum atomic E-state index is 0.315. The van der Waals surface area contributed by atoms with Crippen LogP contribution in [0.25, 0.3) is 6.08 Å². The number of nitrogens with zero attached hydrogens (tertiary/aromatic N) is 1. The third kappa shape index (κ3) is 3.60. The van der Waals surface area contributed by atoms with Crippen molar-refractivity contribution >= 4 is 17.7 Å². The summed E-state index contributed by atoms with van der Waals surface area (Å²) >= 11 is 0. The van der Waals surface area contributed by atoms with Gasteiger partial charge in [-0.1, -0.05) is 36.6 Å². The molecule has 3 rings (SSSR count). The van der Waals surface area contributed by atoms with Gasteiger partial charge in [-0.05, 0) is 49.8 Å². The fraction of sp³-hybridized carbons (Fsp3) is 0.550.